The van der Waals surface area contributed by atoms with Crippen molar-refractivity contribution in [3.8, 4) is 0 Å². The third-order valence-electron chi connectivity index (χ3n) is 4.20. The molecule has 4 heteroatoms. The SMILES string of the molecule is CCCNC(C)C1CCN(CCC(=O)N(C)C)CC1. The first-order chi connectivity index (χ1) is 9.04. The fraction of sp³-hybridized carbons (Fsp3) is 0.933. The van der Waals surface area contributed by atoms with Crippen molar-refractivity contribution in [1.29, 1.82) is 0 Å². The first-order valence-corrected chi connectivity index (χ1v) is 7.70. The first-order valence-electron chi connectivity index (χ1n) is 7.70. The standard InChI is InChI=1S/C15H31N3O/c1-5-9-16-13(2)14-6-10-18(11-7-14)12-8-15(19)17(3)4/h13-14,16H,5-12H2,1-4H3. The molecule has 1 heterocycles. The molecule has 112 valence electrons. The number of nitrogens with one attached hydrogen (secondary N) is 1. The van der Waals surface area contributed by atoms with Crippen molar-refractivity contribution in [2.45, 2.75) is 45.6 Å². The summed E-state index contributed by atoms with van der Waals surface area (Å²) in [6, 6.07) is 0.630. The summed E-state index contributed by atoms with van der Waals surface area (Å²) >= 11 is 0. The summed E-state index contributed by atoms with van der Waals surface area (Å²) in [7, 11) is 3.66. The normalized spacial score (nSPS) is 19.4. The Morgan fingerprint density at radius 1 is 1.37 bits per heavy atom. The Kier molecular flexibility index (Phi) is 7.39. The van der Waals surface area contributed by atoms with Gasteiger partial charge in [0.25, 0.3) is 0 Å². The van der Waals surface area contributed by atoms with Gasteiger partial charge in [0.15, 0.2) is 0 Å². The summed E-state index contributed by atoms with van der Waals surface area (Å²) in [5.74, 6) is 1.03. The molecule has 0 radical (unpaired) electrons. The zero-order valence-electron chi connectivity index (χ0n) is 13.1. The van der Waals surface area contributed by atoms with E-state index in [0.29, 0.717) is 12.5 Å². The number of carbonyl (C=O) groups excluding carboxylic acids is 1. The molecule has 0 aromatic heterocycles. The summed E-state index contributed by atoms with van der Waals surface area (Å²) in [6.07, 6.45) is 4.37. The van der Waals surface area contributed by atoms with Gasteiger partial charge in [0.05, 0.1) is 0 Å². The zero-order chi connectivity index (χ0) is 14.3. The van der Waals surface area contributed by atoms with E-state index in [1.54, 1.807) is 4.90 Å². The molecule has 4 nitrogen and oxygen atoms in total. The van der Waals surface area contributed by atoms with Crippen molar-refractivity contribution in [2.24, 2.45) is 5.92 Å². The molecule has 1 aliphatic rings. The van der Waals surface area contributed by atoms with E-state index in [2.05, 4.69) is 24.1 Å². The fourth-order valence-electron chi connectivity index (χ4n) is 2.69. The second-order valence-electron chi connectivity index (χ2n) is 5.96. The topological polar surface area (TPSA) is 35.6 Å². The summed E-state index contributed by atoms with van der Waals surface area (Å²) in [5, 5.41) is 3.60. The predicted molar refractivity (Wildman–Crippen MR) is 80.2 cm³/mol. The highest BCUT2D eigenvalue weighted by Crippen LogP contribution is 2.20. The molecule has 1 aliphatic heterocycles. The van der Waals surface area contributed by atoms with Crippen LogP contribution in [0, 0.1) is 5.92 Å². The average molecular weight is 269 g/mol. The summed E-state index contributed by atoms with van der Waals surface area (Å²) in [6.45, 7) is 8.85. The maximum Gasteiger partial charge on any atom is 0.223 e. The highest BCUT2D eigenvalue weighted by molar-refractivity contribution is 5.75. The van der Waals surface area contributed by atoms with Crippen LogP contribution in [0.5, 0.6) is 0 Å². The lowest BCUT2D eigenvalue weighted by Gasteiger charge is -2.35. The van der Waals surface area contributed by atoms with E-state index < -0.39 is 0 Å². The molecule has 0 spiro atoms. The Bertz CT molecular complexity index is 260. The van der Waals surface area contributed by atoms with E-state index in [1.807, 2.05) is 14.1 Å². The van der Waals surface area contributed by atoms with Gasteiger partial charge in [-0.25, -0.2) is 0 Å². The number of rotatable bonds is 7. The summed E-state index contributed by atoms with van der Waals surface area (Å²) in [5.41, 5.74) is 0. The monoisotopic (exact) mass is 269 g/mol. The molecule has 0 aromatic rings. The lowest BCUT2D eigenvalue weighted by Crippen LogP contribution is -2.43. The fourth-order valence-corrected chi connectivity index (χ4v) is 2.69. The maximum absolute atomic E-state index is 11.6. The van der Waals surface area contributed by atoms with Crippen molar-refractivity contribution >= 4 is 5.91 Å². The van der Waals surface area contributed by atoms with E-state index in [-0.39, 0.29) is 5.91 Å². The minimum absolute atomic E-state index is 0.236. The van der Waals surface area contributed by atoms with Crippen LogP contribution < -0.4 is 5.32 Å². The molecule has 1 atom stereocenters. The van der Waals surface area contributed by atoms with Gasteiger partial charge in [0, 0.05) is 33.1 Å². The zero-order valence-corrected chi connectivity index (χ0v) is 13.1. The third kappa shape index (κ3) is 5.91. The minimum atomic E-state index is 0.236. The Labute approximate surface area is 118 Å². The Morgan fingerprint density at radius 2 is 2.00 bits per heavy atom. The van der Waals surface area contributed by atoms with Gasteiger partial charge < -0.3 is 15.1 Å². The van der Waals surface area contributed by atoms with E-state index in [4.69, 9.17) is 0 Å². The number of amides is 1. The van der Waals surface area contributed by atoms with Gasteiger partial charge in [-0.1, -0.05) is 6.92 Å². The van der Waals surface area contributed by atoms with Gasteiger partial charge in [-0.3, -0.25) is 4.79 Å². The molecule has 19 heavy (non-hydrogen) atoms. The van der Waals surface area contributed by atoms with Crippen LogP contribution in [0.1, 0.15) is 39.5 Å². The van der Waals surface area contributed by atoms with Crippen LogP contribution in [0.25, 0.3) is 0 Å². The summed E-state index contributed by atoms with van der Waals surface area (Å²) in [4.78, 5) is 15.7. The molecule has 1 fully saturated rings. The summed E-state index contributed by atoms with van der Waals surface area (Å²) < 4.78 is 0. The predicted octanol–water partition coefficient (Wildman–Crippen LogP) is 1.56. The molecular weight excluding hydrogens is 238 g/mol. The van der Waals surface area contributed by atoms with Crippen LogP contribution in [-0.2, 0) is 4.79 Å². The second kappa shape index (κ2) is 8.54. The smallest absolute Gasteiger partial charge is 0.223 e. The lowest BCUT2D eigenvalue weighted by atomic mass is 9.90. The largest absolute Gasteiger partial charge is 0.349 e. The number of likely N-dealkylation sites (tertiary alicyclic amines) is 1. The van der Waals surface area contributed by atoms with Gasteiger partial charge in [-0.05, 0) is 51.7 Å². The Hall–Kier alpha value is -0.610. The highest BCUT2D eigenvalue weighted by Gasteiger charge is 2.23. The van der Waals surface area contributed by atoms with Gasteiger partial charge >= 0.3 is 0 Å². The molecule has 1 N–H and O–H groups in total. The van der Waals surface area contributed by atoms with Gasteiger partial charge in [-0.2, -0.15) is 0 Å². The average Bonchev–Trinajstić information content (AvgIpc) is 2.42. The van der Waals surface area contributed by atoms with Crippen LogP contribution in [0.3, 0.4) is 0 Å². The van der Waals surface area contributed by atoms with Crippen molar-refractivity contribution in [2.75, 3.05) is 40.3 Å². The molecule has 0 bridgehead atoms. The Balaban J connectivity index is 2.19. The van der Waals surface area contributed by atoms with E-state index >= 15 is 0 Å². The molecule has 1 amide bonds. The quantitative estimate of drug-likeness (QED) is 0.762. The van der Waals surface area contributed by atoms with Crippen molar-refractivity contribution in [1.82, 2.24) is 15.1 Å². The molecule has 1 unspecified atom stereocenters. The van der Waals surface area contributed by atoms with Crippen molar-refractivity contribution in [3.63, 3.8) is 0 Å². The second-order valence-corrected chi connectivity index (χ2v) is 5.96. The van der Waals surface area contributed by atoms with Crippen LogP contribution in [0.15, 0.2) is 0 Å². The maximum atomic E-state index is 11.6. The molecule has 0 aliphatic carbocycles. The third-order valence-corrected chi connectivity index (χ3v) is 4.20. The number of hydrogen-bond acceptors (Lipinski definition) is 3. The molecule has 0 saturated carbocycles. The lowest BCUT2D eigenvalue weighted by molar-refractivity contribution is -0.129. The van der Waals surface area contributed by atoms with E-state index in [9.17, 15) is 4.79 Å². The minimum Gasteiger partial charge on any atom is -0.349 e. The van der Waals surface area contributed by atoms with Crippen LogP contribution >= 0.6 is 0 Å². The Morgan fingerprint density at radius 3 is 2.53 bits per heavy atom. The van der Waals surface area contributed by atoms with E-state index in [0.717, 1.165) is 32.1 Å². The molecule has 0 aromatic carbocycles. The van der Waals surface area contributed by atoms with Gasteiger partial charge in [0.2, 0.25) is 5.91 Å². The van der Waals surface area contributed by atoms with Crippen molar-refractivity contribution in [3.05, 3.63) is 0 Å². The first kappa shape index (κ1) is 16.4. The van der Waals surface area contributed by atoms with Crippen molar-refractivity contribution < 1.29 is 4.79 Å². The number of piperidine rings is 1. The van der Waals surface area contributed by atoms with Crippen LogP contribution in [0.4, 0.5) is 0 Å². The number of hydrogen-bond donors (Lipinski definition) is 1. The molecule has 1 saturated heterocycles. The number of nitrogens with zero attached hydrogens (tertiary/aromatic N) is 2. The van der Waals surface area contributed by atoms with Crippen LogP contribution in [0.2, 0.25) is 0 Å². The molecular formula is C15H31N3O. The van der Waals surface area contributed by atoms with Gasteiger partial charge in [-0.15, -0.1) is 0 Å². The molecule has 1 rings (SSSR count). The van der Waals surface area contributed by atoms with Gasteiger partial charge in [0.1, 0.15) is 0 Å². The van der Waals surface area contributed by atoms with E-state index in [1.165, 1.54) is 19.3 Å². The highest BCUT2D eigenvalue weighted by atomic mass is 16.2. The van der Waals surface area contributed by atoms with Crippen LogP contribution in [-0.4, -0.2) is 62.0 Å². The number of carbonyl (C=O) groups is 1.